The van der Waals surface area contributed by atoms with Crippen molar-refractivity contribution in [2.45, 2.75) is 64.9 Å². The van der Waals surface area contributed by atoms with Gasteiger partial charge >= 0.3 is 11.9 Å². The highest BCUT2D eigenvalue weighted by atomic mass is 16.6. The van der Waals surface area contributed by atoms with E-state index >= 15 is 0 Å². The Balaban J connectivity index is 1.43. The number of hydrogen-bond donors (Lipinski definition) is 0. The molecule has 0 heterocycles. The maximum atomic E-state index is 12.5. The van der Waals surface area contributed by atoms with Crippen LogP contribution in [-0.2, 0) is 23.8 Å². The highest BCUT2D eigenvalue weighted by Crippen LogP contribution is 2.60. The molecule has 26 heavy (non-hydrogen) atoms. The number of carbonyl (C=O) groups excluding carboxylic acids is 2. The molecule has 0 aliphatic heterocycles. The van der Waals surface area contributed by atoms with Gasteiger partial charge in [0.15, 0.2) is 5.60 Å². The van der Waals surface area contributed by atoms with E-state index in [9.17, 15) is 9.59 Å². The van der Waals surface area contributed by atoms with Gasteiger partial charge in [-0.1, -0.05) is 6.58 Å². The molecule has 0 amide bonds. The molecule has 4 rings (SSSR count). The molecule has 4 aliphatic rings. The van der Waals surface area contributed by atoms with Crippen LogP contribution in [0.3, 0.4) is 0 Å². The first kappa shape index (κ1) is 19.4. The van der Waals surface area contributed by atoms with Gasteiger partial charge in [-0.05, 0) is 77.0 Å². The van der Waals surface area contributed by atoms with Gasteiger partial charge in [0, 0.05) is 11.0 Å². The highest BCUT2D eigenvalue weighted by Gasteiger charge is 2.51. The maximum absolute atomic E-state index is 12.5. The number of ether oxygens (including phenoxy) is 3. The minimum absolute atomic E-state index is 0.0946. The zero-order valence-electron chi connectivity index (χ0n) is 16.3. The van der Waals surface area contributed by atoms with Gasteiger partial charge in [0.25, 0.3) is 0 Å². The van der Waals surface area contributed by atoms with Gasteiger partial charge in [-0.3, -0.25) is 0 Å². The quantitative estimate of drug-likeness (QED) is 0.374. The van der Waals surface area contributed by atoms with Gasteiger partial charge in [-0.15, -0.1) is 0 Å². The minimum atomic E-state index is -1.04. The van der Waals surface area contributed by atoms with Crippen LogP contribution in [0.2, 0.25) is 0 Å². The summed E-state index contributed by atoms with van der Waals surface area (Å²) in [7, 11) is 0. The number of esters is 2. The molecule has 4 aliphatic carbocycles. The van der Waals surface area contributed by atoms with Crippen LogP contribution in [-0.4, -0.2) is 37.4 Å². The lowest BCUT2D eigenvalue weighted by Crippen LogP contribution is -2.49. The lowest BCUT2D eigenvalue weighted by Gasteiger charge is -2.56. The fourth-order valence-electron chi connectivity index (χ4n) is 5.47. The standard InChI is InChI=1S/C21H32O5/c1-14(2)18(22)24-5-6-26-20(3,4)19(23)25-13-21-10-15-7-16(11-21)9-17(8-15)12-21/h15-17H,1,5-13H2,2-4H3. The molecular formula is C21H32O5. The van der Waals surface area contributed by atoms with E-state index < -0.39 is 11.6 Å². The molecule has 5 nitrogen and oxygen atoms in total. The molecule has 0 saturated heterocycles. The van der Waals surface area contributed by atoms with Crippen molar-refractivity contribution in [2.24, 2.45) is 23.2 Å². The molecule has 146 valence electrons. The molecule has 4 saturated carbocycles. The summed E-state index contributed by atoms with van der Waals surface area (Å²) < 4.78 is 16.3. The van der Waals surface area contributed by atoms with Gasteiger partial charge in [0.2, 0.25) is 0 Å². The van der Waals surface area contributed by atoms with E-state index in [1.165, 1.54) is 38.5 Å². The first-order chi connectivity index (χ1) is 12.2. The Bertz CT molecular complexity index is 542. The van der Waals surface area contributed by atoms with Gasteiger partial charge < -0.3 is 14.2 Å². The third kappa shape index (κ3) is 4.30. The highest BCUT2D eigenvalue weighted by molar-refractivity contribution is 5.86. The second-order valence-corrected chi connectivity index (χ2v) is 9.27. The summed E-state index contributed by atoms with van der Waals surface area (Å²) in [4.78, 5) is 23.9. The zero-order chi connectivity index (χ0) is 18.9. The van der Waals surface area contributed by atoms with Crippen molar-refractivity contribution in [1.29, 1.82) is 0 Å². The summed E-state index contributed by atoms with van der Waals surface area (Å²) in [6, 6.07) is 0. The number of carbonyl (C=O) groups is 2. The van der Waals surface area contributed by atoms with Crippen molar-refractivity contribution >= 4 is 11.9 Å². The normalized spacial score (nSPS) is 32.3. The molecular weight excluding hydrogens is 332 g/mol. The second kappa shape index (κ2) is 7.34. The largest absolute Gasteiger partial charge is 0.463 e. The van der Waals surface area contributed by atoms with Crippen LogP contribution in [0.15, 0.2) is 12.2 Å². The summed E-state index contributed by atoms with van der Waals surface area (Å²) in [6.45, 7) is 9.29. The van der Waals surface area contributed by atoms with E-state index in [4.69, 9.17) is 14.2 Å². The first-order valence-electron chi connectivity index (χ1n) is 9.83. The Morgan fingerprint density at radius 3 is 2.04 bits per heavy atom. The SMILES string of the molecule is C=C(C)C(=O)OCCOC(C)(C)C(=O)OCC12CC3CC(CC(C3)C1)C2. The van der Waals surface area contributed by atoms with E-state index in [1.54, 1.807) is 20.8 Å². The number of hydrogen-bond acceptors (Lipinski definition) is 5. The van der Waals surface area contributed by atoms with Crippen molar-refractivity contribution < 1.29 is 23.8 Å². The second-order valence-electron chi connectivity index (χ2n) is 9.27. The Kier molecular flexibility index (Phi) is 5.48. The molecule has 0 spiro atoms. The van der Waals surface area contributed by atoms with E-state index in [0.29, 0.717) is 12.2 Å². The molecule has 0 atom stereocenters. The lowest BCUT2D eigenvalue weighted by molar-refractivity contribution is -0.179. The van der Waals surface area contributed by atoms with Crippen molar-refractivity contribution in [2.75, 3.05) is 19.8 Å². The summed E-state index contributed by atoms with van der Waals surface area (Å²) in [6.07, 6.45) is 7.78. The maximum Gasteiger partial charge on any atom is 0.337 e. The van der Waals surface area contributed by atoms with Crippen LogP contribution >= 0.6 is 0 Å². The molecule has 5 heteroatoms. The van der Waals surface area contributed by atoms with Gasteiger partial charge in [-0.25, -0.2) is 9.59 Å². The van der Waals surface area contributed by atoms with Crippen LogP contribution in [0, 0.1) is 23.2 Å². The molecule has 0 radical (unpaired) electrons. The predicted octanol–water partition coefficient (Wildman–Crippen LogP) is 3.66. The third-order valence-corrected chi connectivity index (χ3v) is 6.29. The van der Waals surface area contributed by atoms with Crippen molar-refractivity contribution in [1.82, 2.24) is 0 Å². The average molecular weight is 364 g/mol. The average Bonchev–Trinajstić information content (AvgIpc) is 2.55. The lowest BCUT2D eigenvalue weighted by atomic mass is 9.50. The Hall–Kier alpha value is -1.36. The van der Waals surface area contributed by atoms with E-state index in [0.717, 1.165) is 17.8 Å². The van der Waals surface area contributed by atoms with Crippen molar-refractivity contribution in [3.8, 4) is 0 Å². The van der Waals surface area contributed by atoms with Crippen LogP contribution in [0.1, 0.15) is 59.3 Å². The zero-order valence-corrected chi connectivity index (χ0v) is 16.3. The van der Waals surface area contributed by atoms with Gasteiger partial charge in [0.05, 0.1) is 13.2 Å². The fraction of sp³-hybridized carbons (Fsp3) is 0.810. The van der Waals surface area contributed by atoms with Crippen molar-refractivity contribution in [3.05, 3.63) is 12.2 Å². The summed E-state index contributed by atoms with van der Waals surface area (Å²) in [5, 5.41) is 0. The van der Waals surface area contributed by atoms with E-state index in [1.807, 2.05) is 0 Å². The fourth-order valence-corrected chi connectivity index (χ4v) is 5.47. The Morgan fingerprint density at radius 2 is 1.54 bits per heavy atom. The van der Waals surface area contributed by atoms with Crippen LogP contribution < -0.4 is 0 Å². The molecule has 0 N–H and O–H groups in total. The molecule has 0 unspecified atom stereocenters. The molecule has 4 bridgehead atoms. The van der Waals surface area contributed by atoms with Crippen LogP contribution in [0.5, 0.6) is 0 Å². The van der Waals surface area contributed by atoms with Gasteiger partial charge in [0.1, 0.15) is 6.61 Å². The summed E-state index contributed by atoms with van der Waals surface area (Å²) in [5.74, 6) is 1.74. The minimum Gasteiger partial charge on any atom is -0.463 e. The summed E-state index contributed by atoms with van der Waals surface area (Å²) in [5.41, 5.74) is -0.491. The monoisotopic (exact) mass is 364 g/mol. The molecule has 4 fully saturated rings. The Morgan fingerprint density at radius 1 is 1.00 bits per heavy atom. The third-order valence-electron chi connectivity index (χ3n) is 6.29. The topological polar surface area (TPSA) is 61.8 Å². The van der Waals surface area contributed by atoms with E-state index in [2.05, 4.69) is 6.58 Å². The van der Waals surface area contributed by atoms with Crippen LogP contribution in [0.25, 0.3) is 0 Å². The Labute approximate surface area is 156 Å². The van der Waals surface area contributed by atoms with Gasteiger partial charge in [-0.2, -0.15) is 0 Å². The smallest absolute Gasteiger partial charge is 0.337 e. The molecule has 0 aromatic carbocycles. The van der Waals surface area contributed by atoms with Crippen LogP contribution in [0.4, 0.5) is 0 Å². The van der Waals surface area contributed by atoms with Crippen molar-refractivity contribution in [3.63, 3.8) is 0 Å². The number of rotatable bonds is 8. The first-order valence-corrected chi connectivity index (χ1v) is 9.83. The molecule has 0 aromatic heterocycles. The van der Waals surface area contributed by atoms with E-state index in [-0.39, 0.29) is 24.6 Å². The predicted molar refractivity (Wildman–Crippen MR) is 97.4 cm³/mol. The molecule has 0 aromatic rings. The summed E-state index contributed by atoms with van der Waals surface area (Å²) >= 11 is 0.